The van der Waals surface area contributed by atoms with Crippen LogP contribution >= 0.6 is 0 Å². The highest BCUT2D eigenvalue weighted by Gasteiger charge is 2.31. The molecule has 0 saturated heterocycles. The average Bonchev–Trinajstić information content (AvgIpc) is 3.71. The molecule has 1 aromatic carbocycles. The van der Waals surface area contributed by atoms with Gasteiger partial charge in [-0.3, -0.25) is 60.3 Å². The summed E-state index contributed by atoms with van der Waals surface area (Å²) in [5.74, 6) is -6.74. The second-order valence-electron chi connectivity index (χ2n) is 14.1. The second kappa shape index (κ2) is 27.8. The van der Waals surface area contributed by atoms with Crippen LogP contribution in [0.15, 0.2) is 18.2 Å². The van der Waals surface area contributed by atoms with Gasteiger partial charge in [-0.05, 0) is 69.6 Å². The maximum absolute atomic E-state index is 13.9. The normalized spacial score (nSPS) is 12.4. The Labute approximate surface area is 366 Å². The number of nitrogens with zero attached hydrogens (tertiary/aromatic N) is 2. The summed E-state index contributed by atoms with van der Waals surface area (Å²) in [7, 11) is 0. The number of primary amides is 1. The minimum absolute atomic E-state index is 0.0302. The molecule has 1 heterocycles. The van der Waals surface area contributed by atoms with Crippen molar-refractivity contribution >= 4 is 76.2 Å². The number of amides is 7. The Morgan fingerprint density at radius 1 is 0.531 bits per heavy atom. The molecular formula is C35H60N22O7. The quantitative estimate of drug-likeness (QED) is 0.0205. The summed E-state index contributed by atoms with van der Waals surface area (Å²) >= 11 is 0. The monoisotopic (exact) mass is 901 g/mol. The maximum Gasteiger partial charge on any atom is 0.251 e. The highest BCUT2D eigenvalue weighted by molar-refractivity contribution is 5.99. The van der Waals surface area contributed by atoms with Gasteiger partial charge < -0.3 is 81.8 Å². The molecule has 2 aromatic rings. The number of benzene rings is 1. The zero-order valence-electron chi connectivity index (χ0n) is 35.1. The first-order valence-electron chi connectivity index (χ1n) is 20.0. The smallest absolute Gasteiger partial charge is 0.251 e. The Kier molecular flexibility index (Phi) is 22.6. The molecule has 0 aliphatic heterocycles. The van der Waals surface area contributed by atoms with Crippen molar-refractivity contribution in [1.82, 2.24) is 68.6 Å². The highest BCUT2D eigenvalue weighted by Crippen LogP contribution is 2.10. The molecule has 0 aliphatic carbocycles. The molecule has 2 rings (SSSR count). The Morgan fingerprint density at radius 3 is 1.38 bits per heavy atom. The van der Waals surface area contributed by atoms with Crippen LogP contribution in [0.1, 0.15) is 61.7 Å². The van der Waals surface area contributed by atoms with Gasteiger partial charge in [-0.1, -0.05) is 5.21 Å². The molecule has 352 valence electrons. The van der Waals surface area contributed by atoms with Gasteiger partial charge in [0.1, 0.15) is 29.7 Å². The number of H-pyrrole nitrogens is 1. The lowest BCUT2D eigenvalue weighted by Gasteiger charge is -2.26. The van der Waals surface area contributed by atoms with E-state index in [1.54, 1.807) is 6.07 Å². The first-order chi connectivity index (χ1) is 30.4. The van der Waals surface area contributed by atoms with E-state index in [0.29, 0.717) is 11.0 Å². The summed E-state index contributed by atoms with van der Waals surface area (Å²) in [6, 6.07) is -0.549. The summed E-state index contributed by atoms with van der Waals surface area (Å²) in [4.78, 5) is 91.9. The highest BCUT2D eigenvalue weighted by atomic mass is 16.2. The molecule has 4 atom stereocenters. The molecule has 0 bridgehead atoms. The van der Waals surface area contributed by atoms with E-state index < -0.39 is 78.6 Å². The summed E-state index contributed by atoms with van der Waals surface area (Å²) < 4.78 is 0. The van der Waals surface area contributed by atoms with Crippen molar-refractivity contribution < 1.29 is 33.6 Å². The summed E-state index contributed by atoms with van der Waals surface area (Å²) in [5.41, 5.74) is 28.2. The van der Waals surface area contributed by atoms with Gasteiger partial charge in [-0.15, -0.1) is 5.10 Å². The Bertz CT molecular complexity index is 1970. The van der Waals surface area contributed by atoms with Crippen LogP contribution in [0.5, 0.6) is 0 Å². The molecule has 0 radical (unpaired) electrons. The van der Waals surface area contributed by atoms with Gasteiger partial charge in [0.25, 0.3) is 5.91 Å². The van der Waals surface area contributed by atoms with E-state index in [9.17, 15) is 33.6 Å². The van der Waals surface area contributed by atoms with E-state index in [2.05, 4.69) is 68.6 Å². The second-order valence-corrected chi connectivity index (χ2v) is 14.1. The molecule has 0 saturated carbocycles. The van der Waals surface area contributed by atoms with Crippen LogP contribution in [0.2, 0.25) is 0 Å². The van der Waals surface area contributed by atoms with Crippen LogP contribution < -0.4 is 81.8 Å². The molecule has 25 N–H and O–H groups in total. The third kappa shape index (κ3) is 21.0. The summed E-state index contributed by atoms with van der Waals surface area (Å²) in [6.07, 6.45) is 0.780. The lowest BCUT2D eigenvalue weighted by molar-refractivity contribution is -0.134. The van der Waals surface area contributed by atoms with Gasteiger partial charge in [-0.25, -0.2) is 0 Å². The van der Waals surface area contributed by atoms with E-state index in [-0.39, 0.29) is 107 Å². The minimum Gasteiger partial charge on any atom is -0.370 e. The number of carbonyl (C=O) groups is 7. The van der Waals surface area contributed by atoms with Gasteiger partial charge in [0.05, 0.1) is 18.6 Å². The molecular weight excluding hydrogens is 841 g/mol. The maximum atomic E-state index is 13.9. The van der Waals surface area contributed by atoms with Crippen LogP contribution in [0.4, 0.5) is 0 Å². The van der Waals surface area contributed by atoms with Crippen molar-refractivity contribution in [2.45, 2.75) is 75.5 Å². The van der Waals surface area contributed by atoms with Crippen molar-refractivity contribution in [2.24, 2.45) is 28.7 Å². The van der Waals surface area contributed by atoms with Gasteiger partial charge in [0.2, 0.25) is 35.4 Å². The standard InChI is InChI=1S/C35H60N22O7/c36-27(60)20(5-1-11-45-32(37)38)52-30(63)22(7-3-13-47-34(41)42)54-31(64)23(8-4-14-48-35(43)44)53-29(62)21(6-2-12-46-33(39)40)51-26(59)17-49-25(58)16-50-28(61)18-9-10-19-24(15-18)56-57-55-19/h9-10,15,20-23H,1-8,11-14,16-17H2,(H2,36,60)(H,49,58)(H,50,61)(H,51,59)(H,52,63)(H,53,62)(H,54,64)(H4,37,38,45)(H4,39,40,46)(H4,41,42,47)(H4,43,44,48)(H,55,56,57)/t20-,21-,22-,23-/m0/s1. The Hall–Kier alpha value is -8.01. The van der Waals surface area contributed by atoms with Crippen LogP contribution in [0.3, 0.4) is 0 Å². The van der Waals surface area contributed by atoms with E-state index in [1.807, 2.05) is 0 Å². The Balaban J connectivity index is 2.21. The lowest BCUT2D eigenvalue weighted by atomic mass is 10.0. The molecule has 64 heavy (non-hydrogen) atoms. The molecule has 0 spiro atoms. The topological polar surface area (TPSA) is 507 Å². The first-order valence-corrected chi connectivity index (χ1v) is 20.0. The largest absolute Gasteiger partial charge is 0.370 e. The number of hydrogen-bond donors (Lipinski definition) is 20. The van der Waals surface area contributed by atoms with Crippen LogP contribution in [0, 0.1) is 21.6 Å². The van der Waals surface area contributed by atoms with Crippen molar-refractivity contribution in [3.8, 4) is 0 Å². The number of nitrogens with one attached hydrogen (secondary N) is 15. The van der Waals surface area contributed by atoms with Crippen molar-refractivity contribution in [3.05, 3.63) is 23.8 Å². The van der Waals surface area contributed by atoms with Gasteiger partial charge in [-0.2, -0.15) is 0 Å². The number of rotatable bonds is 29. The van der Waals surface area contributed by atoms with E-state index in [0.717, 1.165) is 0 Å². The molecule has 0 fully saturated rings. The van der Waals surface area contributed by atoms with Gasteiger partial charge in [0.15, 0.2) is 23.8 Å². The average molecular weight is 901 g/mol. The molecule has 29 nitrogen and oxygen atoms in total. The van der Waals surface area contributed by atoms with Crippen molar-refractivity contribution in [2.75, 3.05) is 39.3 Å². The molecule has 0 aliphatic rings. The third-order valence-electron chi connectivity index (χ3n) is 8.96. The number of hydrogen-bond acceptors (Lipinski definition) is 13. The van der Waals surface area contributed by atoms with E-state index in [1.165, 1.54) is 12.1 Å². The zero-order valence-corrected chi connectivity index (χ0v) is 35.1. The van der Waals surface area contributed by atoms with E-state index >= 15 is 0 Å². The lowest BCUT2D eigenvalue weighted by Crippen LogP contribution is -2.58. The molecule has 7 amide bonds. The van der Waals surface area contributed by atoms with Crippen LogP contribution in [0.25, 0.3) is 11.0 Å². The van der Waals surface area contributed by atoms with Crippen molar-refractivity contribution in [3.63, 3.8) is 0 Å². The predicted octanol–water partition coefficient (Wildman–Crippen LogP) is -6.72. The fourth-order valence-corrected chi connectivity index (χ4v) is 5.76. The number of aromatic amines is 1. The number of guanidine groups is 4. The fourth-order valence-electron chi connectivity index (χ4n) is 5.76. The van der Waals surface area contributed by atoms with Crippen LogP contribution in [-0.2, 0) is 28.8 Å². The van der Waals surface area contributed by atoms with Crippen LogP contribution in [-0.4, -0.2) is 144 Å². The van der Waals surface area contributed by atoms with Gasteiger partial charge in [0, 0.05) is 31.7 Å². The predicted molar refractivity (Wildman–Crippen MR) is 233 cm³/mol. The van der Waals surface area contributed by atoms with Crippen molar-refractivity contribution in [1.29, 1.82) is 21.6 Å². The number of fused-ring (bicyclic) bond motifs is 1. The SMILES string of the molecule is N=C(N)NCCC[C@H](NC(=O)[C@H](CCCNC(=N)N)NC(=O)[C@H](CCCNC(=N)N)NC(=O)[C@H](CCCNC(=N)N)NC(=O)CNC(=O)CNC(=O)c1ccc2[nH]nnc2c1)C(N)=O. The molecule has 29 heteroatoms. The van der Waals surface area contributed by atoms with Gasteiger partial charge >= 0.3 is 0 Å². The minimum atomic E-state index is -1.35. The first kappa shape index (κ1) is 52.1. The Morgan fingerprint density at radius 2 is 0.938 bits per heavy atom. The number of aromatic nitrogens is 3. The third-order valence-corrected chi connectivity index (χ3v) is 8.96. The summed E-state index contributed by atoms with van der Waals surface area (Å²) in [5, 5.41) is 65.1. The molecule has 0 unspecified atom stereocenters. The summed E-state index contributed by atoms with van der Waals surface area (Å²) in [6.45, 7) is -0.513. The number of carbonyl (C=O) groups excluding carboxylic acids is 7. The fraction of sp³-hybridized carbons (Fsp3) is 0.514. The zero-order chi connectivity index (χ0) is 47.6. The van der Waals surface area contributed by atoms with E-state index in [4.69, 9.17) is 50.3 Å². The number of nitrogens with two attached hydrogens (primary N) is 5. The molecule has 1 aromatic heterocycles.